The van der Waals surface area contributed by atoms with Crippen LogP contribution in [0.5, 0.6) is 0 Å². The van der Waals surface area contributed by atoms with Gasteiger partial charge in [-0.05, 0) is 37.3 Å². The molecule has 0 saturated carbocycles. The smallest absolute Gasteiger partial charge is 0.339 e. The lowest BCUT2D eigenvalue weighted by atomic mass is 10.1. The molecule has 7 nitrogen and oxygen atoms in total. The van der Waals surface area contributed by atoms with Crippen LogP contribution >= 0.6 is 0 Å². The van der Waals surface area contributed by atoms with Gasteiger partial charge in [-0.1, -0.05) is 18.2 Å². The molecule has 1 unspecified atom stereocenters. The van der Waals surface area contributed by atoms with Crippen LogP contribution < -0.4 is 10.9 Å². The number of carbonyl (C=O) groups is 2. The Hall–Kier alpha value is -3.92. The van der Waals surface area contributed by atoms with E-state index in [0.717, 1.165) is 6.07 Å². The largest absolute Gasteiger partial charge is 0.449 e. The minimum Gasteiger partial charge on any atom is -0.449 e. The maximum atomic E-state index is 12.5. The first-order valence-corrected chi connectivity index (χ1v) is 8.12. The summed E-state index contributed by atoms with van der Waals surface area (Å²) < 4.78 is 5.22. The number of hydrogen-bond donors (Lipinski definition) is 2. The van der Waals surface area contributed by atoms with Crippen molar-refractivity contribution in [3.05, 3.63) is 76.1 Å². The Morgan fingerprint density at radius 1 is 1.15 bits per heavy atom. The SMILES string of the molecule is CC(OC(=O)c1cc(=O)[nH]c2ccccc12)C(=O)Nc1ccc(C#N)cc1. The first-order chi connectivity index (χ1) is 13.0. The molecule has 27 heavy (non-hydrogen) atoms. The highest BCUT2D eigenvalue weighted by atomic mass is 16.5. The number of nitrogens with one attached hydrogen (secondary N) is 2. The molecule has 1 atom stereocenters. The quantitative estimate of drug-likeness (QED) is 0.694. The predicted molar refractivity (Wildman–Crippen MR) is 99.2 cm³/mol. The number of carbonyl (C=O) groups excluding carboxylic acids is 2. The first kappa shape index (κ1) is 17.9. The summed E-state index contributed by atoms with van der Waals surface area (Å²) >= 11 is 0. The van der Waals surface area contributed by atoms with Gasteiger partial charge in [0.25, 0.3) is 5.91 Å². The third-order valence-electron chi connectivity index (χ3n) is 3.91. The number of benzene rings is 2. The van der Waals surface area contributed by atoms with Crippen molar-refractivity contribution in [1.82, 2.24) is 4.98 Å². The molecule has 0 fully saturated rings. The van der Waals surface area contributed by atoms with Crippen molar-refractivity contribution < 1.29 is 14.3 Å². The van der Waals surface area contributed by atoms with Gasteiger partial charge in [0.05, 0.1) is 17.2 Å². The first-order valence-electron chi connectivity index (χ1n) is 8.12. The predicted octanol–water partition coefficient (Wildman–Crippen LogP) is 2.58. The van der Waals surface area contributed by atoms with Crippen molar-refractivity contribution in [3.8, 4) is 6.07 Å². The standard InChI is InChI=1S/C20H15N3O4/c1-12(19(25)22-14-8-6-13(11-21)7-9-14)27-20(26)16-10-18(24)23-17-5-3-2-4-15(16)17/h2-10,12H,1H3,(H,22,25)(H,23,24). The van der Waals surface area contributed by atoms with Gasteiger partial charge in [0, 0.05) is 22.7 Å². The van der Waals surface area contributed by atoms with Crippen LogP contribution in [0.4, 0.5) is 5.69 Å². The number of rotatable bonds is 4. The Kier molecular flexibility index (Phi) is 4.99. The normalized spacial score (nSPS) is 11.4. The van der Waals surface area contributed by atoms with Crippen LogP contribution in [0.15, 0.2) is 59.4 Å². The second-order valence-electron chi connectivity index (χ2n) is 5.82. The average molecular weight is 361 g/mol. The molecule has 3 rings (SSSR count). The van der Waals surface area contributed by atoms with Crippen LogP contribution in [0.25, 0.3) is 10.9 Å². The molecule has 0 aliphatic rings. The number of nitriles is 1. The lowest BCUT2D eigenvalue weighted by Crippen LogP contribution is -2.30. The zero-order valence-corrected chi connectivity index (χ0v) is 14.4. The molecule has 1 aromatic heterocycles. The molecule has 2 N–H and O–H groups in total. The highest BCUT2D eigenvalue weighted by molar-refractivity contribution is 6.04. The van der Waals surface area contributed by atoms with Crippen LogP contribution in [0.2, 0.25) is 0 Å². The number of amides is 1. The lowest BCUT2D eigenvalue weighted by Gasteiger charge is -2.14. The van der Waals surface area contributed by atoms with Gasteiger partial charge in [0.1, 0.15) is 0 Å². The molecule has 2 aromatic carbocycles. The molecule has 0 aliphatic carbocycles. The van der Waals surface area contributed by atoms with E-state index in [1.807, 2.05) is 6.07 Å². The number of aromatic amines is 1. The summed E-state index contributed by atoms with van der Waals surface area (Å²) in [5.74, 6) is -1.29. The summed E-state index contributed by atoms with van der Waals surface area (Å²) in [6, 6.07) is 16.2. The van der Waals surface area contributed by atoms with Gasteiger partial charge in [-0.3, -0.25) is 9.59 Å². The van der Waals surface area contributed by atoms with E-state index < -0.39 is 23.5 Å². The molecule has 0 spiro atoms. The molecule has 1 amide bonds. The number of ether oxygens (including phenoxy) is 1. The molecule has 0 saturated heterocycles. The van der Waals surface area contributed by atoms with Crippen LogP contribution in [-0.4, -0.2) is 23.0 Å². The number of fused-ring (bicyclic) bond motifs is 1. The number of anilines is 1. The monoisotopic (exact) mass is 361 g/mol. The van der Waals surface area contributed by atoms with Crippen molar-refractivity contribution in [2.75, 3.05) is 5.32 Å². The van der Waals surface area contributed by atoms with E-state index in [-0.39, 0.29) is 5.56 Å². The molecule has 1 heterocycles. The molecule has 7 heteroatoms. The van der Waals surface area contributed by atoms with Gasteiger partial charge in [0.2, 0.25) is 5.56 Å². The molecule has 0 bridgehead atoms. The van der Waals surface area contributed by atoms with Gasteiger partial charge in [-0.2, -0.15) is 5.26 Å². The number of H-pyrrole nitrogens is 1. The molecular formula is C20H15N3O4. The van der Waals surface area contributed by atoms with E-state index in [9.17, 15) is 14.4 Å². The maximum Gasteiger partial charge on any atom is 0.339 e. The highest BCUT2D eigenvalue weighted by Gasteiger charge is 2.21. The summed E-state index contributed by atoms with van der Waals surface area (Å²) in [4.78, 5) is 39.1. The summed E-state index contributed by atoms with van der Waals surface area (Å²) in [7, 11) is 0. The van der Waals surface area contributed by atoms with Crippen molar-refractivity contribution in [1.29, 1.82) is 5.26 Å². The number of pyridine rings is 1. The van der Waals surface area contributed by atoms with Crippen LogP contribution in [0, 0.1) is 11.3 Å². The minimum absolute atomic E-state index is 0.0902. The van der Waals surface area contributed by atoms with E-state index in [4.69, 9.17) is 10.00 Å². The number of nitrogens with zero attached hydrogens (tertiary/aromatic N) is 1. The number of hydrogen-bond acceptors (Lipinski definition) is 5. The Bertz CT molecular complexity index is 1110. The fourth-order valence-electron chi connectivity index (χ4n) is 2.52. The van der Waals surface area contributed by atoms with Crippen molar-refractivity contribution in [3.63, 3.8) is 0 Å². The molecule has 134 valence electrons. The Morgan fingerprint density at radius 3 is 2.56 bits per heavy atom. The molecule has 0 radical (unpaired) electrons. The zero-order valence-electron chi connectivity index (χ0n) is 14.4. The average Bonchev–Trinajstić information content (AvgIpc) is 2.67. The Balaban J connectivity index is 1.74. The zero-order chi connectivity index (χ0) is 19.4. The lowest BCUT2D eigenvalue weighted by molar-refractivity contribution is -0.123. The summed E-state index contributed by atoms with van der Waals surface area (Å²) in [5.41, 5.74) is 1.10. The number of para-hydroxylation sites is 1. The van der Waals surface area contributed by atoms with Gasteiger partial charge in [-0.25, -0.2) is 4.79 Å². The van der Waals surface area contributed by atoms with Gasteiger partial charge in [0.15, 0.2) is 6.10 Å². The van der Waals surface area contributed by atoms with Crippen LogP contribution in [0.3, 0.4) is 0 Å². The van der Waals surface area contributed by atoms with E-state index >= 15 is 0 Å². The van der Waals surface area contributed by atoms with Gasteiger partial charge >= 0.3 is 5.97 Å². The highest BCUT2D eigenvalue weighted by Crippen LogP contribution is 2.16. The van der Waals surface area contributed by atoms with E-state index in [1.54, 1.807) is 48.5 Å². The van der Waals surface area contributed by atoms with Crippen LogP contribution in [0.1, 0.15) is 22.8 Å². The number of aromatic nitrogens is 1. The number of esters is 1. The summed E-state index contributed by atoms with van der Waals surface area (Å²) in [6.07, 6.45) is -1.08. The van der Waals surface area contributed by atoms with Crippen molar-refractivity contribution in [2.24, 2.45) is 0 Å². The fraction of sp³-hybridized carbons (Fsp3) is 0.100. The van der Waals surface area contributed by atoms with E-state index in [0.29, 0.717) is 22.2 Å². The Labute approximate surface area is 154 Å². The minimum atomic E-state index is -1.08. The topological polar surface area (TPSA) is 112 Å². The third kappa shape index (κ3) is 4.02. The summed E-state index contributed by atoms with van der Waals surface area (Å²) in [5, 5.41) is 11.9. The molecular weight excluding hydrogens is 346 g/mol. The van der Waals surface area contributed by atoms with Gasteiger partial charge < -0.3 is 15.0 Å². The second-order valence-corrected chi connectivity index (χ2v) is 5.82. The maximum absolute atomic E-state index is 12.5. The van der Waals surface area contributed by atoms with Crippen molar-refractivity contribution in [2.45, 2.75) is 13.0 Å². The second kappa shape index (κ2) is 7.54. The molecule has 3 aromatic rings. The molecule has 0 aliphatic heterocycles. The van der Waals surface area contributed by atoms with E-state index in [1.165, 1.54) is 6.92 Å². The van der Waals surface area contributed by atoms with Crippen LogP contribution in [-0.2, 0) is 9.53 Å². The van der Waals surface area contributed by atoms with Crippen molar-refractivity contribution >= 4 is 28.5 Å². The van der Waals surface area contributed by atoms with Gasteiger partial charge in [-0.15, -0.1) is 0 Å². The third-order valence-corrected chi connectivity index (χ3v) is 3.91. The van der Waals surface area contributed by atoms with E-state index in [2.05, 4.69) is 10.3 Å². The Morgan fingerprint density at radius 2 is 1.85 bits per heavy atom. The summed E-state index contributed by atoms with van der Waals surface area (Å²) in [6.45, 7) is 1.44. The fourth-order valence-corrected chi connectivity index (χ4v) is 2.52.